The van der Waals surface area contributed by atoms with Gasteiger partial charge in [-0.1, -0.05) is 24.7 Å². The maximum atomic E-state index is 3.54. The van der Waals surface area contributed by atoms with Crippen LogP contribution in [0.4, 0.5) is 0 Å². The molecule has 42 valence electrons. The van der Waals surface area contributed by atoms with Crippen molar-refractivity contribution in [3.05, 3.63) is 24.3 Å². The molecule has 0 aliphatic carbocycles. The normalized spacial score (nSPS) is 9.50. The highest BCUT2D eigenvalue weighted by Crippen LogP contribution is 1.87. The predicted molar refractivity (Wildman–Crippen MR) is 37.4 cm³/mol. The zero-order valence-electron chi connectivity index (χ0n) is 5.36. The van der Waals surface area contributed by atoms with Crippen molar-refractivity contribution in [1.29, 1.82) is 0 Å². The SMILES string of the molecule is C=CC=C(C)C#CC. The summed E-state index contributed by atoms with van der Waals surface area (Å²) < 4.78 is 0. The lowest BCUT2D eigenvalue weighted by Gasteiger charge is -1.78. The van der Waals surface area contributed by atoms with Gasteiger partial charge in [-0.25, -0.2) is 0 Å². The molecule has 0 heterocycles. The molecule has 0 aliphatic rings. The second-order valence-corrected chi connectivity index (χ2v) is 1.46. The van der Waals surface area contributed by atoms with Crippen molar-refractivity contribution in [3.63, 3.8) is 0 Å². The van der Waals surface area contributed by atoms with Gasteiger partial charge in [-0.3, -0.25) is 0 Å². The molecule has 0 rings (SSSR count). The van der Waals surface area contributed by atoms with E-state index >= 15 is 0 Å². The Morgan fingerprint density at radius 2 is 2.25 bits per heavy atom. The van der Waals surface area contributed by atoms with Crippen LogP contribution in [0.1, 0.15) is 13.8 Å². The zero-order valence-corrected chi connectivity index (χ0v) is 5.36. The predicted octanol–water partition coefficient (Wildman–Crippen LogP) is 2.14. The van der Waals surface area contributed by atoms with Gasteiger partial charge in [-0.05, 0) is 19.4 Å². The average molecular weight is 106 g/mol. The molecule has 0 N–H and O–H groups in total. The van der Waals surface area contributed by atoms with Crippen molar-refractivity contribution in [3.8, 4) is 11.8 Å². The smallest absolute Gasteiger partial charge is 0.00111 e. The van der Waals surface area contributed by atoms with Crippen molar-refractivity contribution in [1.82, 2.24) is 0 Å². The molecule has 0 saturated heterocycles. The third kappa shape index (κ3) is 3.24. The van der Waals surface area contributed by atoms with Gasteiger partial charge in [0.25, 0.3) is 0 Å². The Morgan fingerprint density at radius 3 is 2.62 bits per heavy atom. The van der Waals surface area contributed by atoms with Crippen LogP contribution in [0, 0.1) is 11.8 Å². The molecule has 0 heteroatoms. The van der Waals surface area contributed by atoms with E-state index < -0.39 is 0 Å². The molecule has 0 bridgehead atoms. The van der Waals surface area contributed by atoms with E-state index in [2.05, 4.69) is 18.4 Å². The Kier molecular flexibility index (Phi) is 3.70. The van der Waals surface area contributed by atoms with E-state index in [1.807, 2.05) is 19.9 Å². The third-order valence-electron chi connectivity index (χ3n) is 0.690. The van der Waals surface area contributed by atoms with E-state index in [-0.39, 0.29) is 0 Å². The van der Waals surface area contributed by atoms with Crippen LogP contribution in [-0.4, -0.2) is 0 Å². The van der Waals surface area contributed by atoms with Gasteiger partial charge in [0.1, 0.15) is 0 Å². The summed E-state index contributed by atoms with van der Waals surface area (Å²) in [6.07, 6.45) is 3.62. The van der Waals surface area contributed by atoms with Crippen LogP contribution in [0.3, 0.4) is 0 Å². The third-order valence-corrected chi connectivity index (χ3v) is 0.690. The largest absolute Gasteiger partial charge is 0.102 e. The zero-order chi connectivity index (χ0) is 6.41. The lowest BCUT2D eigenvalue weighted by molar-refractivity contribution is 1.58. The minimum Gasteiger partial charge on any atom is -0.102 e. The Bertz CT molecular complexity index is 151. The summed E-state index contributed by atoms with van der Waals surface area (Å²) in [5.74, 6) is 5.67. The molecule has 0 aromatic heterocycles. The van der Waals surface area contributed by atoms with Crippen LogP contribution < -0.4 is 0 Å². The molecular weight excluding hydrogens is 96.1 g/mol. The highest BCUT2D eigenvalue weighted by Gasteiger charge is 1.71. The van der Waals surface area contributed by atoms with Gasteiger partial charge >= 0.3 is 0 Å². The van der Waals surface area contributed by atoms with Crippen LogP contribution in [0.25, 0.3) is 0 Å². The quantitative estimate of drug-likeness (QED) is 0.355. The second-order valence-electron chi connectivity index (χ2n) is 1.46. The molecule has 0 fully saturated rings. The first kappa shape index (κ1) is 7.04. The highest BCUT2D eigenvalue weighted by molar-refractivity contribution is 5.28. The van der Waals surface area contributed by atoms with E-state index in [4.69, 9.17) is 0 Å². The maximum Gasteiger partial charge on any atom is -0.00111 e. The fourth-order valence-corrected chi connectivity index (χ4v) is 0.416. The van der Waals surface area contributed by atoms with E-state index in [1.54, 1.807) is 6.08 Å². The van der Waals surface area contributed by atoms with Gasteiger partial charge in [0.05, 0.1) is 0 Å². The summed E-state index contributed by atoms with van der Waals surface area (Å²) in [5, 5.41) is 0. The van der Waals surface area contributed by atoms with E-state index in [9.17, 15) is 0 Å². The number of hydrogen-bond acceptors (Lipinski definition) is 0. The Labute approximate surface area is 50.9 Å². The molecular formula is C8H10. The lowest BCUT2D eigenvalue weighted by atomic mass is 10.3. The van der Waals surface area contributed by atoms with Crippen molar-refractivity contribution in [2.45, 2.75) is 13.8 Å². The second kappa shape index (κ2) is 4.21. The Balaban J connectivity index is 3.93. The van der Waals surface area contributed by atoms with Crippen LogP contribution >= 0.6 is 0 Å². The fraction of sp³-hybridized carbons (Fsp3) is 0.250. The molecule has 0 saturated carbocycles. The summed E-state index contributed by atoms with van der Waals surface area (Å²) in [6, 6.07) is 0. The molecule has 8 heavy (non-hydrogen) atoms. The van der Waals surface area contributed by atoms with Gasteiger partial charge in [0.2, 0.25) is 0 Å². The molecule has 0 atom stereocenters. The summed E-state index contributed by atoms with van der Waals surface area (Å²) in [5.41, 5.74) is 1.06. The van der Waals surface area contributed by atoms with E-state index in [1.165, 1.54) is 0 Å². The van der Waals surface area contributed by atoms with Gasteiger partial charge in [-0.2, -0.15) is 0 Å². The van der Waals surface area contributed by atoms with Gasteiger partial charge in [-0.15, -0.1) is 5.92 Å². The monoisotopic (exact) mass is 106 g/mol. The first-order valence-corrected chi connectivity index (χ1v) is 2.53. The molecule has 0 aliphatic heterocycles. The number of rotatable bonds is 1. The van der Waals surface area contributed by atoms with Crippen molar-refractivity contribution in [2.24, 2.45) is 0 Å². The highest BCUT2D eigenvalue weighted by atomic mass is 13.8. The molecule has 0 radical (unpaired) electrons. The summed E-state index contributed by atoms with van der Waals surface area (Å²) in [6.45, 7) is 7.32. The van der Waals surface area contributed by atoms with E-state index in [0.29, 0.717) is 0 Å². The topological polar surface area (TPSA) is 0 Å². The van der Waals surface area contributed by atoms with Crippen LogP contribution in [0.15, 0.2) is 24.3 Å². The van der Waals surface area contributed by atoms with Gasteiger partial charge in [0.15, 0.2) is 0 Å². The van der Waals surface area contributed by atoms with Crippen molar-refractivity contribution < 1.29 is 0 Å². The van der Waals surface area contributed by atoms with Gasteiger partial charge < -0.3 is 0 Å². The van der Waals surface area contributed by atoms with Crippen LogP contribution in [-0.2, 0) is 0 Å². The van der Waals surface area contributed by atoms with Crippen LogP contribution in [0.5, 0.6) is 0 Å². The van der Waals surface area contributed by atoms with Crippen molar-refractivity contribution in [2.75, 3.05) is 0 Å². The lowest BCUT2D eigenvalue weighted by Crippen LogP contribution is -1.62. The average Bonchev–Trinajstić information content (AvgIpc) is 1.68. The van der Waals surface area contributed by atoms with Crippen molar-refractivity contribution >= 4 is 0 Å². The minimum absolute atomic E-state index is 1.06. The Hall–Kier alpha value is -0.960. The van der Waals surface area contributed by atoms with E-state index in [0.717, 1.165) is 5.57 Å². The molecule has 0 unspecified atom stereocenters. The summed E-state index contributed by atoms with van der Waals surface area (Å²) in [4.78, 5) is 0. The molecule has 0 aromatic rings. The number of allylic oxidation sites excluding steroid dienone is 3. The summed E-state index contributed by atoms with van der Waals surface area (Å²) >= 11 is 0. The van der Waals surface area contributed by atoms with Gasteiger partial charge in [0, 0.05) is 0 Å². The minimum atomic E-state index is 1.06. The molecule has 0 nitrogen and oxygen atoms in total. The number of hydrogen-bond donors (Lipinski definition) is 0. The first-order valence-electron chi connectivity index (χ1n) is 2.53. The Morgan fingerprint density at radius 1 is 1.62 bits per heavy atom. The van der Waals surface area contributed by atoms with Crippen LogP contribution in [0.2, 0.25) is 0 Å². The maximum absolute atomic E-state index is 3.54. The fourth-order valence-electron chi connectivity index (χ4n) is 0.416. The summed E-state index contributed by atoms with van der Waals surface area (Å²) in [7, 11) is 0. The molecule has 0 amide bonds. The molecule has 0 spiro atoms. The standard InChI is InChI=1S/C8H10/c1-4-6-8(3)7-5-2/h4,6H,1H2,2-3H3. The molecule has 0 aromatic carbocycles. The first-order chi connectivity index (χ1) is 3.81.